The van der Waals surface area contributed by atoms with E-state index in [-0.39, 0.29) is 12.5 Å². The number of furan rings is 1. The van der Waals surface area contributed by atoms with Gasteiger partial charge >= 0.3 is 0 Å². The highest BCUT2D eigenvalue weighted by Crippen LogP contribution is 2.24. The fourth-order valence-corrected chi connectivity index (χ4v) is 1.94. The second-order valence-corrected chi connectivity index (χ2v) is 4.70. The number of ether oxygens (including phenoxy) is 1. The van der Waals surface area contributed by atoms with E-state index in [0.717, 1.165) is 10.2 Å². The number of hydrogen-bond acceptors (Lipinski definition) is 3. The Balaban J connectivity index is 1.97. The van der Waals surface area contributed by atoms with Crippen molar-refractivity contribution in [2.24, 2.45) is 0 Å². The van der Waals surface area contributed by atoms with Gasteiger partial charge in [-0.2, -0.15) is 0 Å². The summed E-state index contributed by atoms with van der Waals surface area (Å²) in [5.74, 6) is 1.43. The molecule has 2 aromatic rings. The predicted octanol–water partition coefficient (Wildman–Crippen LogP) is 3.37. The molecule has 0 aliphatic rings. The van der Waals surface area contributed by atoms with Crippen molar-refractivity contribution in [3.05, 3.63) is 52.4 Å². The van der Waals surface area contributed by atoms with Crippen LogP contribution >= 0.6 is 15.9 Å². The van der Waals surface area contributed by atoms with Gasteiger partial charge < -0.3 is 14.5 Å². The van der Waals surface area contributed by atoms with Gasteiger partial charge in [-0.3, -0.25) is 4.79 Å². The fourth-order valence-electron chi connectivity index (χ4n) is 1.54. The van der Waals surface area contributed by atoms with Gasteiger partial charge in [-0.1, -0.05) is 12.1 Å². The van der Waals surface area contributed by atoms with Gasteiger partial charge in [-0.05, 0) is 47.1 Å². The molecule has 0 unspecified atom stereocenters. The zero-order chi connectivity index (χ0) is 13.7. The molecule has 1 aromatic carbocycles. The van der Waals surface area contributed by atoms with E-state index in [4.69, 9.17) is 9.15 Å². The topological polar surface area (TPSA) is 51.5 Å². The third-order valence-electron chi connectivity index (χ3n) is 2.43. The van der Waals surface area contributed by atoms with Crippen LogP contribution in [0.4, 0.5) is 0 Å². The largest absolute Gasteiger partial charge is 0.484 e. The fraction of sp³-hybridized carbons (Fsp3) is 0.214. The van der Waals surface area contributed by atoms with Crippen molar-refractivity contribution in [3.8, 4) is 5.75 Å². The maximum Gasteiger partial charge on any atom is 0.286 e. The highest BCUT2D eigenvalue weighted by molar-refractivity contribution is 9.10. The third kappa shape index (κ3) is 3.61. The summed E-state index contributed by atoms with van der Waals surface area (Å²) in [7, 11) is 0. The molecule has 0 aliphatic heterocycles. The molecule has 1 N–H and O–H groups in total. The van der Waals surface area contributed by atoms with Crippen LogP contribution in [0.5, 0.6) is 5.75 Å². The molecule has 1 aromatic heterocycles. The van der Waals surface area contributed by atoms with E-state index >= 15 is 0 Å². The van der Waals surface area contributed by atoms with Crippen LogP contribution in [0.15, 0.2) is 45.3 Å². The van der Waals surface area contributed by atoms with Gasteiger partial charge in [0.2, 0.25) is 0 Å². The van der Waals surface area contributed by atoms with Crippen LogP contribution in [0.1, 0.15) is 23.2 Å². The van der Waals surface area contributed by atoms with Crippen molar-refractivity contribution in [1.82, 2.24) is 5.32 Å². The van der Waals surface area contributed by atoms with Crippen LogP contribution in [0, 0.1) is 0 Å². The molecule has 0 saturated carbocycles. The number of benzene rings is 1. The molecule has 1 heterocycles. The Hall–Kier alpha value is -1.75. The predicted molar refractivity (Wildman–Crippen MR) is 75.2 cm³/mol. The molecule has 0 radical (unpaired) electrons. The van der Waals surface area contributed by atoms with E-state index in [2.05, 4.69) is 21.2 Å². The van der Waals surface area contributed by atoms with Crippen LogP contribution in [0.3, 0.4) is 0 Å². The number of nitrogens with one attached hydrogen (secondary N) is 1. The van der Waals surface area contributed by atoms with Crippen molar-refractivity contribution in [2.45, 2.75) is 13.5 Å². The summed E-state index contributed by atoms with van der Waals surface area (Å²) in [5, 5.41) is 2.68. The normalized spacial score (nSPS) is 10.2. The number of carbonyl (C=O) groups is 1. The molecule has 0 bridgehead atoms. The lowest BCUT2D eigenvalue weighted by Gasteiger charge is -2.05. The Bertz CT molecular complexity index is 565. The number of carbonyl (C=O) groups excluding carboxylic acids is 1. The maximum atomic E-state index is 11.5. The smallest absolute Gasteiger partial charge is 0.286 e. The summed E-state index contributed by atoms with van der Waals surface area (Å²) >= 11 is 3.40. The van der Waals surface area contributed by atoms with E-state index in [1.54, 1.807) is 12.1 Å². The van der Waals surface area contributed by atoms with Gasteiger partial charge in [0, 0.05) is 6.54 Å². The zero-order valence-corrected chi connectivity index (χ0v) is 12.1. The molecule has 0 saturated heterocycles. The quantitative estimate of drug-likeness (QED) is 0.917. The summed E-state index contributed by atoms with van der Waals surface area (Å²) in [4.78, 5) is 11.5. The van der Waals surface area contributed by atoms with Gasteiger partial charge in [-0.15, -0.1) is 0 Å². The first kappa shape index (κ1) is 13.7. The molecule has 0 spiro atoms. The molecule has 100 valence electrons. The van der Waals surface area contributed by atoms with Crippen molar-refractivity contribution in [3.63, 3.8) is 0 Å². The van der Waals surface area contributed by atoms with E-state index in [9.17, 15) is 4.79 Å². The molecular formula is C14H14BrNO3. The van der Waals surface area contributed by atoms with Crippen LogP contribution in [-0.4, -0.2) is 12.5 Å². The first-order valence-electron chi connectivity index (χ1n) is 5.95. The highest BCUT2D eigenvalue weighted by atomic mass is 79.9. The Morgan fingerprint density at radius 3 is 2.84 bits per heavy atom. The van der Waals surface area contributed by atoms with Gasteiger partial charge in [0.1, 0.15) is 18.1 Å². The van der Waals surface area contributed by atoms with E-state index in [1.807, 2.05) is 31.2 Å². The van der Waals surface area contributed by atoms with Crippen LogP contribution in [0.25, 0.3) is 0 Å². The van der Waals surface area contributed by atoms with Gasteiger partial charge in [0.05, 0.1) is 4.47 Å². The summed E-state index contributed by atoms with van der Waals surface area (Å²) < 4.78 is 11.9. The standard InChI is InChI=1S/C14H14BrNO3/c1-2-16-14(17)13-8-7-10(19-13)9-18-12-6-4-3-5-11(12)15/h3-8H,2,9H2,1H3,(H,16,17). The van der Waals surface area contributed by atoms with E-state index in [1.165, 1.54) is 0 Å². The molecule has 5 heteroatoms. The van der Waals surface area contributed by atoms with Gasteiger partial charge in [0.15, 0.2) is 5.76 Å². The molecule has 0 aliphatic carbocycles. The second-order valence-electron chi connectivity index (χ2n) is 3.84. The van der Waals surface area contributed by atoms with Crippen LogP contribution in [-0.2, 0) is 6.61 Å². The lowest BCUT2D eigenvalue weighted by atomic mass is 10.3. The minimum atomic E-state index is -0.213. The van der Waals surface area contributed by atoms with Crippen molar-refractivity contribution in [1.29, 1.82) is 0 Å². The SMILES string of the molecule is CCNC(=O)c1ccc(COc2ccccc2Br)o1. The maximum absolute atomic E-state index is 11.5. The number of para-hydroxylation sites is 1. The highest BCUT2D eigenvalue weighted by Gasteiger charge is 2.10. The molecule has 19 heavy (non-hydrogen) atoms. The van der Waals surface area contributed by atoms with Gasteiger partial charge in [0.25, 0.3) is 5.91 Å². The Labute approximate surface area is 119 Å². The summed E-state index contributed by atoms with van der Waals surface area (Å²) in [6.45, 7) is 2.71. The third-order valence-corrected chi connectivity index (χ3v) is 3.08. The van der Waals surface area contributed by atoms with Crippen molar-refractivity contribution < 1.29 is 13.9 Å². The number of amides is 1. The molecule has 0 atom stereocenters. The number of halogens is 1. The monoisotopic (exact) mass is 323 g/mol. The van der Waals surface area contributed by atoms with E-state index in [0.29, 0.717) is 18.1 Å². The van der Waals surface area contributed by atoms with Crippen molar-refractivity contribution in [2.75, 3.05) is 6.54 Å². The van der Waals surface area contributed by atoms with Crippen LogP contribution in [0.2, 0.25) is 0 Å². The first-order valence-corrected chi connectivity index (χ1v) is 6.74. The van der Waals surface area contributed by atoms with Crippen LogP contribution < -0.4 is 10.1 Å². The lowest BCUT2D eigenvalue weighted by molar-refractivity contribution is 0.0924. The minimum absolute atomic E-state index is 0.213. The molecule has 2 rings (SSSR count). The van der Waals surface area contributed by atoms with Gasteiger partial charge in [-0.25, -0.2) is 0 Å². The molecule has 1 amide bonds. The van der Waals surface area contributed by atoms with E-state index < -0.39 is 0 Å². The molecule has 4 nitrogen and oxygen atoms in total. The van der Waals surface area contributed by atoms with Crippen molar-refractivity contribution >= 4 is 21.8 Å². The minimum Gasteiger partial charge on any atom is -0.484 e. The number of rotatable bonds is 5. The Morgan fingerprint density at radius 1 is 1.32 bits per heavy atom. The average Bonchev–Trinajstić information content (AvgIpc) is 2.87. The first-order chi connectivity index (χ1) is 9.20. The number of hydrogen-bond donors (Lipinski definition) is 1. The molecule has 0 fully saturated rings. The zero-order valence-electron chi connectivity index (χ0n) is 10.5. The second kappa shape index (κ2) is 6.43. The summed E-state index contributed by atoms with van der Waals surface area (Å²) in [6.07, 6.45) is 0. The lowest BCUT2D eigenvalue weighted by Crippen LogP contribution is -2.21. The summed E-state index contributed by atoms with van der Waals surface area (Å²) in [5.41, 5.74) is 0. The summed E-state index contributed by atoms with van der Waals surface area (Å²) in [6, 6.07) is 10.9. The Morgan fingerprint density at radius 2 is 2.11 bits per heavy atom. The average molecular weight is 324 g/mol. The molecular weight excluding hydrogens is 310 g/mol. The Kier molecular flexibility index (Phi) is 4.63.